The Bertz CT molecular complexity index is 1450. The van der Waals surface area contributed by atoms with E-state index in [9.17, 15) is 10.4 Å². The third kappa shape index (κ3) is 5.63. The number of fused-ring (bicyclic) bond motifs is 1. The first kappa shape index (κ1) is 25.3. The van der Waals surface area contributed by atoms with E-state index in [-0.39, 0.29) is 12.7 Å². The van der Waals surface area contributed by atoms with Crippen LogP contribution in [0.5, 0.6) is 17.2 Å². The number of hydrogen-bond donors (Lipinski definition) is 1. The number of hydrogen-bond acceptors (Lipinski definition) is 9. The van der Waals surface area contributed by atoms with Gasteiger partial charge in [0, 0.05) is 49.3 Å². The lowest BCUT2D eigenvalue weighted by Gasteiger charge is -2.33. The lowest BCUT2D eigenvalue weighted by molar-refractivity contribution is 0.0283. The highest BCUT2D eigenvalue weighted by Gasteiger charge is 2.22. The highest BCUT2D eigenvalue weighted by molar-refractivity contribution is 5.85. The van der Waals surface area contributed by atoms with Crippen LogP contribution in [0, 0.1) is 11.3 Å². The van der Waals surface area contributed by atoms with Crippen molar-refractivity contribution >= 4 is 11.3 Å². The Hall–Kier alpha value is -4.36. The average molecular weight is 515 g/mol. The van der Waals surface area contributed by atoms with Crippen LogP contribution in [0.4, 0.5) is 5.82 Å². The van der Waals surface area contributed by atoms with Crippen LogP contribution in [0.15, 0.2) is 55.2 Å². The summed E-state index contributed by atoms with van der Waals surface area (Å²) in [5, 5.41) is 24.0. The van der Waals surface area contributed by atoms with Crippen LogP contribution in [0.1, 0.15) is 32.3 Å². The number of anilines is 1. The number of rotatable bonds is 8. The van der Waals surface area contributed by atoms with Gasteiger partial charge in [-0.25, -0.2) is 9.50 Å². The minimum Gasteiger partial charge on any atom is -0.495 e. The molecule has 1 N–H and O–H groups in total. The number of methoxy groups -OCH3 is 1. The van der Waals surface area contributed by atoms with Gasteiger partial charge in [0.25, 0.3) is 0 Å². The second-order valence-electron chi connectivity index (χ2n) is 9.92. The third-order valence-corrected chi connectivity index (χ3v) is 6.35. The summed E-state index contributed by atoms with van der Waals surface area (Å²) in [6, 6.07) is 9.90. The summed E-state index contributed by atoms with van der Waals surface area (Å²) in [4.78, 5) is 11.1. The Morgan fingerprint density at radius 3 is 2.55 bits per heavy atom. The molecule has 0 spiro atoms. The molecule has 0 unspecified atom stereocenters. The number of nitrogens with zero attached hydrogens (tertiary/aromatic N) is 6. The maximum atomic E-state index is 10.1. The Balaban J connectivity index is 1.31. The normalized spacial score (nSPS) is 14.3. The smallest absolute Gasteiger partial charge is 0.141 e. The van der Waals surface area contributed by atoms with Crippen LogP contribution in [0.2, 0.25) is 0 Å². The van der Waals surface area contributed by atoms with E-state index in [4.69, 9.17) is 19.2 Å². The second-order valence-corrected chi connectivity index (χ2v) is 9.92. The first-order valence-electron chi connectivity index (χ1n) is 12.5. The quantitative estimate of drug-likeness (QED) is 0.374. The maximum absolute atomic E-state index is 10.1. The van der Waals surface area contributed by atoms with Gasteiger partial charge in [-0.2, -0.15) is 10.4 Å². The largest absolute Gasteiger partial charge is 0.495 e. The fourth-order valence-corrected chi connectivity index (χ4v) is 4.44. The Morgan fingerprint density at radius 2 is 1.87 bits per heavy atom. The highest BCUT2D eigenvalue weighted by Crippen LogP contribution is 2.32. The summed E-state index contributed by atoms with van der Waals surface area (Å²) < 4.78 is 18.8. The van der Waals surface area contributed by atoms with Gasteiger partial charge in [-0.1, -0.05) is 0 Å². The van der Waals surface area contributed by atoms with Crippen molar-refractivity contribution in [2.24, 2.45) is 0 Å². The minimum absolute atomic E-state index is 0.102. The van der Waals surface area contributed by atoms with E-state index < -0.39 is 5.60 Å². The first-order chi connectivity index (χ1) is 18.3. The molecule has 38 heavy (non-hydrogen) atoms. The molecule has 1 aliphatic rings. The lowest BCUT2D eigenvalue weighted by atomic mass is 10.0. The Kier molecular flexibility index (Phi) is 7.03. The lowest BCUT2D eigenvalue weighted by Crippen LogP contribution is -2.38. The van der Waals surface area contributed by atoms with Crippen molar-refractivity contribution in [1.82, 2.24) is 19.6 Å². The van der Waals surface area contributed by atoms with Crippen molar-refractivity contribution < 1.29 is 19.3 Å². The number of pyridine rings is 3. The summed E-state index contributed by atoms with van der Waals surface area (Å²) >= 11 is 0. The molecule has 4 aromatic heterocycles. The van der Waals surface area contributed by atoms with E-state index in [1.165, 1.54) is 6.20 Å². The van der Waals surface area contributed by atoms with E-state index in [0.29, 0.717) is 28.3 Å². The molecule has 1 saturated heterocycles. The van der Waals surface area contributed by atoms with Crippen LogP contribution >= 0.6 is 0 Å². The third-order valence-electron chi connectivity index (χ3n) is 6.35. The zero-order chi connectivity index (χ0) is 26.7. The van der Waals surface area contributed by atoms with Gasteiger partial charge in [-0.05, 0) is 32.0 Å². The number of aromatic nitrogens is 4. The summed E-state index contributed by atoms with van der Waals surface area (Å²) in [5.41, 5.74) is 1.79. The molecule has 0 amide bonds. The molecule has 4 aromatic rings. The van der Waals surface area contributed by atoms with E-state index in [2.05, 4.69) is 21.1 Å². The van der Waals surface area contributed by atoms with Gasteiger partial charge < -0.3 is 24.2 Å². The summed E-state index contributed by atoms with van der Waals surface area (Å²) in [6.07, 6.45) is 10.2. The Labute approximate surface area is 221 Å². The van der Waals surface area contributed by atoms with Crippen LogP contribution < -0.4 is 19.1 Å². The van der Waals surface area contributed by atoms with Gasteiger partial charge in [0.05, 0.1) is 48.6 Å². The molecular formula is C28H30N6O4. The van der Waals surface area contributed by atoms with Gasteiger partial charge >= 0.3 is 0 Å². The van der Waals surface area contributed by atoms with Crippen LogP contribution in [0.3, 0.4) is 0 Å². The molecule has 0 aliphatic carbocycles. The zero-order valence-electron chi connectivity index (χ0n) is 21.7. The van der Waals surface area contributed by atoms with Crippen molar-refractivity contribution in [3.63, 3.8) is 0 Å². The van der Waals surface area contributed by atoms with Crippen LogP contribution in [0.25, 0.3) is 16.6 Å². The van der Waals surface area contributed by atoms with E-state index in [1.54, 1.807) is 44.1 Å². The van der Waals surface area contributed by atoms with Crippen molar-refractivity contribution in [3.8, 4) is 34.4 Å². The van der Waals surface area contributed by atoms with Crippen LogP contribution in [-0.2, 0) is 0 Å². The van der Waals surface area contributed by atoms with Crippen molar-refractivity contribution in [2.45, 2.75) is 38.4 Å². The monoisotopic (exact) mass is 514 g/mol. The standard InChI is InChI=1S/C28H30N6O4/c1-28(2,35)18-37-24-11-25(27-20(12-29)14-32-34(27)17-24)19-4-5-26(31-13-19)33-8-6-21(7-9-33)38-23-10-22(36-3)15-30-16-23/h4-5,10-11,13-17,21,35H,6-9,18H2,1-3H3. The van der Waals surface area contributed by atoms with Crippen LogP contribution in [-0.4, -0.2) is 63.2 Å². The number of nitriles is 1. The molecule has 5 heterocycles. The number of ether oxygens (including phenoxy) is 3. The van der Waals surface area contributed by atoms with Crippen molar-refractivity contribution in [1.29, 1.82) is 5.26 Å². The molecular weight excluding hydrogens is 484 g/mol. The molecule has 10 heteroatoms. The summed E-state index contributed by atoms with van der Waals surface area (Å²) in [7, 11) is 1.61. The predicted octanol–water partition coefficient (Wildman–Crippen LogP) is 3.87. The maximum Gasteiger partial charge on any atom is 0.141 e. The topological polar surface area (TPSA) is 118 Å². The molecule has 0 radical (unpaired) electrons. The fourth-order valence-electron chi connectivity index (χ4n) is 4.44. The molecule has 0 bridgehead atoms. The van der Waals surface area contributed by atoms with Gasteiger partial charge in [-0.3, -0.25) is 4.98 Å². The molecule has 0 saturated carbocycles. The van der Waals surface area contributed by atoms with E-state index in [1.807, 2.05) is 30.5 Å². The zero-order valence-corrected chi connectivity index (χ0v) is 21.7. The highest BCUT2D eigenvalue weighted by atomic mass is 16.5. The van der Waals surface area contributed by atoms with E-state index in [0.717, 1.165) is 42.9 Å². The summed E-state index contributed by atoms with van der Waals surface area (Å²) in [6.45, 7) is 5.12. The average Bonchev–Trinajstić information content (AvgIpc) is 3.35. The Morgan fingerprint density at radius 1 is 1.08 bits per heavy atom. The molecule has 10 nitrogen and oxygen atoms in total. The van der Waals surface area contributed by atoms with E-state index >= 15 is 0 Å². The van der Waals surface area contributed by atoms with Gasteiger partial charge in [-0.15, -0.1) is 0 Å². The van der Waals surface area contributed by atoms with Crippen molar-refractivity contribution in [3.05, 3.63) is 60.8 Å². The predicted molar refractivity (Wildman–Crippen MR) is 142 cm³/mol. The van der Waals surface area contributed by atoms with Gasteiger partial charge in [0.1, 0.15) is 41.8 Å². The molecule has 1 aliphatic heterocycles. The fraction of sp³-hybridized carbons (Fsp3) is 0.357. The molecule has 0 aromatic carbocycles. The number of piperidine rings is 1. The summed E-state index contributed by atoms with van der Waals surface area (Å²) in [5.74, 6) is 2.81. The number of aliphatic hydroxyl groups is 1. The molecule has 1 fully saturated rings. The molecule has 0 atom stereocenters. The minimum atomic E-state index is -0.983. The van der Waals surface area contributed by atoms with Gasteiger partial charge in [0.15, 0.2) is 0 Å². The van der Waals surface area contributed by atoms with Crippen molar-refractivity contribution in [2.75, 3.05) is 31.7 Å². The first-order valence-corrected chi connectivity index (χ1v) is 12.5. The molecule has 196 valence electrons. The second kappa shape index (κ2) is 10.6. The van der Waals surface area contributed by atoms with Gasteiger partial charge in [0.2, 0.25) is 0 Å². The SMILES string of the molecule is COc1cncc(OC2CCN(c3ccc(-c4cc(OCC(C)(C)O)cn5ncc(C#N)c45)cn3)CC2)c1. The molecule has 5 rings (SSSR count).